The van der Waals surface area contributed by atoms with Crippen molar-refractivity contribution in [2.45, 2.75) is 0 Å². The summed E-state index contributed by atoms with van der Waals surface area (Å²) in [5.74, 6) is -0.190. The zero-order valence-electron chi connectivity index (χ0n) is 11.6. The molecular formula is C16H9N3O3S. The molecule has 0 aliphatic carbocycles. The molecule has 1 amide bonds. The van der Waals surface area contributed by atoms with Crippen LogP contribution >= 0.6 is 11.3 Å². The standard InChI is InChI=1S/C16H9N3O3S/c20-14(19-13-10-5-6-23-15(10)18-8-17-13)11-7-9-3-1-2-4-12(9)22-16(11)21/h1-8H,(H,17,18,19,20). The number of hydrogen-bond donors (Lipinski definition) is 1. The van der Waals surface area contributed by atoms with Gasteiger partial charge in [0.25, 0.3) is 5.91 Å². The largest absolute Gasteiger partial charge is 0.422 e. The first-order valence-corrected chi connectivity index (χ1v) is 7.63. The smallest absolute Gasteiger partial charge is 0.349 e. The van der Waals surface area contributed by atoms with E-state index < -0.39 is 11.5 Å². The normalized spacial score (nSPS) is 11.0. The minimum atomic E-state index is -0.684. The number of thiophene rings is 1. The van der Waals surface area contributed by atoms with E-state index in [1.165, 1.54) is 23.7 Å². The van der Waals surface area contributed by atoms with Crippen molar-refractivity contribution in [2.75, 3.05) is 5.32 Å². The molecule has 1 aromatic carbocycles. The van der Waals surface area contributed by atoms with Crippen molar-refractivity contribution >= 4 is 44.2 Å². The van der Waals surface area contributed by atoms with Gasteiger partial charge in [-0.05, 0) is 23.6 Å². The molecule has 0 spiro atoms. The van der Waals surface area contributed by atoms with Crippen LogP contribution in [0.25, 0.3) is 21.2 Å². The van der Waals surface area contributed by atoms with Gasteiger partial charge < -0.3 is 9.73 Å². The number of anilines is 1. The average Bonchev–Trinajstić information content (AvgIpc) is 3.04. The second-order valence-electron chi connectivity index (χ2n) is 4.80. The monoisotopic (exact) mass is 323 g/mol. The summed E-state index contributed by atoms with van der Waals surface area (Å²) in [5, 5.41) is 5.92. The lowest BCUT2D eigenvalue weighted by Crippen LogP contribution is -2.21. The van der Waals surface area contributed by atoms with Crippen LogP contribution in [0.4, 0.5) is 5.82 Å². The van der Waals surface area contributed by atoms with Crippen LogP contribution in [0.2, 0.25) is 0 Å². The molecule has 0 unspecified atom stereocenters. The van der Waals surface area contributed by atoms with E-state index >= 15 is 0 Å². The highest BCUT2D eigenvalue weighted by Crippen LogP contribution is 2.24. The molecule has 0 saturated heterocycles. The van der Waals surface area contributed by atoms with Crippen molar-refractivity contribution in [3.8, 4) is 0 Å². The van der Waals surface area contributed by atoms with Crippen molar-refractivity contribution in [3.05, 3.63) is 64.1 Å². The van der Waals surface area contributed by atoms with Crippen LogP contribution in [0.3, 0.4) is 0 Å². The van der Waals surface area contributed by atoms with Gasteiger partial charge in [-0.15, -0.1) is 11.3 Å². The van der Waals surface area contributed by atoms with Gasteiger partial charge in [0.05, 0.1) is 5.39 Å². The summed E-state index contributed by atoms with van der Waals surface area (Å²) >= 11 is 1.45. The number of carbonyl (C=O) groups excluding carboxylic acids is 1. The van der Waals surface area contributed by atoms with Crippen molar-refractivity contribution in [3.63, 3.8) is 0 Å². The summed E-state index contributed by atoms with van der Waals surface area (Å²) in [6, 6.07) is 10.4. The van der Waals surface area contributed by atoms with Gasteiger partial charge in [0.2, 0.25) is 0 Å². The highest BCUT2D eigenvalue weighted by Gasteiger charge is 2.16. The molecule has 6 nitrogen and oxygen atoms in total. The Bertz CT molecular complexity index is 1100. The van der Waals surface area contributed by atoms with Gasteiger partial charge in [-0.1, -0.05) is 18.2 Å². The molecule has 0 fully saturated rings. The topological polar surface area (TPSA) is 85.1 Å². The molecule has 0 aliphatic heterocycles. The van der Waals surface area contributed by atoms with Crippen LogP contribution in [-0.4, -0.2) is 15.9 Å². The number of rotatable bonds is 2. The lowest BCUT2D eigenvalue weighted by molar-refractivity contribution is 0.102. The van der Waals surface area contributed by atoms with Crippen molar-refractivity contribution < 1.29 is 9.21 Å². The molecular weight excluding hydrogens is 314 g/mol. The number of para-hydroxylation sites is 1. The van der Waals surface area contributed by atoms with Crippen LogP contribution in [0.1, 0.15) is 10.4 Å². The van der Waals surface area contributed by atoms with Crippen LogP contribution in [0.15, 0.2) is 57.3 Å². The van der Waals surface area contributed by atoms with Crippen LogP contribution in [0, 0.1) is 0 Å². The summed E-state index contributed by atoms with van der Waals surface area (Å²) in [6.07, 6.45) is 1.37. The van der Waals surface area contributed by atoms with E-state index in [0.29, 0.717) is 16.8 Å². The summed E-state index contributed by atoms with van der Waals surface area (Å²) in [4.78, 5) is 33.4. The molecule has 0 saturated carbocycles. The highest BCUT2D eigenvalue weighted by atomic mass is 32.1. The van der Waals surface area contributed by atoms with Crippen molar-refractivity contribution in [2.24, 2.45) is 0 Å². The predicted molar refractivity (Wildman–Crippen MR) is 87.9 cm³/mol. The molecule has 4 rings (SSSR count). The van der Waals surface area contributed by atoms with Crippen molar-refractivity contribution in [1.82, 2.24) is 9.97 Å². The fourth-order valence-electron chi connectivity index (χ4n) is 2.28. The Morgan fingerprint density at radius 1 is 1.17 bits per heavy atom. The second kappa shape index (κ2) is 5.29. The summed E-state index contributed by atoms with van der Waals surface area (Å²) in [6.45, 7) is 0. The number of nitrogens with one attached hydrogen (secondary N) is 1. The van der Waals surface area contributed by atoms with Gasteiger partial charge in [0.15, 0.2) is 0 Å². The SMILES string of the molecule is O=C(Nc1ncnc2sccc12)c1cc2ccccc2oc1=O. The predicted octanol–water partition coefficient (Wildman–Crippen LogP) is 3.05. The van der Waals surface area contributed by atoms with E-state index in [-0.39, 0.29) is 5.56 Å². The number of nitrogens with zero attached hydrogens (tertiary/aromatic N) is 2. The average molecular weight is 323 g/mol. The minimum Gasteiger partial charge on any atom is -0.422 e. The van der Waals surface area contributed by atoms with Crippen LogP contribution < -0.4 is 10.9 Å². The van der Waals surface area contributed by atoms with Gasteiger partial charge in [-0.2, -0.15) is 0 Å². The minimum absolute atomic E-state index is 0.0642. The lowest BCUT2D eigenvalue weighted by atomic mass is 10.2. The molecule has 23 heavy (non-hydrogen) atoms. The maximum absolute atomic E-state index is 12.4. The Balaban J connectivity index is 1.76. The fourth-order valence-corrected chi connectivity index (χ4v) is 3.02. The van der Waals surface area contributed by atoms with Gasteiger partial charge >= 0.3 is 5.63 Å². The van der Waals surface area contributed by atoms with Crippen LogP contribution in [0.5, 0.6) is 0 Å². The molecule has 3 aromatic heterocycles. The first-order chi connectivity index (χ1) is 11.2. The molecule has 0 aliphatic rings. The Morgan fingerprint density at radius 2 is 2.04 bits per heavy atom. The van der Waals surface area contributed by atoms with Crippen LogP contribution in [-0.2, 0) is 0 Å². The zero-order valence-corrected chi connectivity index (χ0v) is 12.5. The maximum Gasteiger partial charge on any atom is 0.349 e. The third-order valence-corrected chi connectivity index (χ3v) is 4.20. The van der Waals surface area contributed by atoms with Crippen molar-refractivity contribution in [1.29, 1.82) is 0 Å². The third-order valence-electron chi connectivity index (χ3n) is 3.38. The fraction of sp³-hybridized carbons (Fsp3) is 0. The molecule has 0 bridgehead atoms. The quantitative estimate of drug-likeness (QED) is 0.573. The third kappa shape index (κ3) is 2.36. The number of fused-ring (bicyclic) bond motifs is 2. The van der Waals surface area contributed by atoms with E-state index in [9.17, 15) is 9.59 Å². The van der Waals surface area contributed by atoms with E-state index in [0.717, 1.165) is 10.2 Å². The summed E-state index contributed by atoms with van der Waals surface area (Å²) in [7, 11) is 0. The summed E-state index contributed by atoms with van der Waals surface area (Å²) < 4.78 is 5.18. The number of benzene rings is 1. The van der Waals surface area contributed by atoms with E-state index in [4.69, 9.17) is 4.42 Å². The lowest BCUT2D eigenvalue weighted by Gasteiger charge is -2.05. The molecule has 0 radical (unpaired) electrons. The van der Waals surface area contributed by atoms with E-state index in [1.807, 2.05) is 17.5 Å². The van der Waals surface area contributed by atoms with Gasteiger partial charge in [0, 0.05) is 5.39 Å². The van der Waals surface area contributed by atoms with E-state index in [1.54, 1.807) is 18.2 Å². The molecule has 1 N–H and O–H groups in total. The number of carbonyl (C=O) groups is 1. The Hall–Kier alpha value is -3.06. The number of aromatic nitrogens is 2. The number of amides is 1. The Morgan fingerprint density at radius 3 is 2.96 bits per heavy atom. The molecule has 3 heterocycles. The first-order valence-electron chi connectivity index (χ1n) is 6.75. The molecule has 7 heteroatoms. The summed E-state index contributed by atoms with van der Waals surface area (Å²) in [5.41, 5.74) is -0.307. The first kappa shape index (κ1) is 13.6. The number of hydrogen-bond acceptors (Lipinski definition) is 6. The molecule has 0 atom stereocenters. The van der Waals surface area contributed by atoms with E-state index in [2.05, 4.69) is 15.3 Å². The van der Waals surface area contributed by atoms with Gasteiger partial charge in [-0.3, -0.25) is 4.79 Å². The molecule has 4 aromatic rings. The Kier molecular flexibility index (Phi) is 3.13. The van der Waals surface area contributed by atoms with Gasteiger partial charge in [-0.25, -0.2) is 14.8 Å². The molecule has 112 valence electrons. The highest BCUT2D eigenvalue weighted by molar-refractivity contribution is 7.16. The maximum atomic E-state index is 12.4. The second-order valence-corrected chi connectivity index (χ2v) is 5.70. The zero-order chi connectivity index (χ0) is 15.8. The van der Waals surface area contributed by atoms with Gasteiger partial charge in [0.1, 0.15) is 28.1 Å². The Labute approximate surface area is 133 Å².